The first-order chi connectivity index (χ1) is 13.7. The van der Waals surface area contributed by atoms with E-state index in [0.717, 1.165) is 10.8 Å². The summed E-state index contributed by atoms with van der Waals surface area (Å²) < 4.78 is 10.9. The number of ether oxygens (including phenoxy) is 1. The van der Waals surface area contributed by atoms with Gasteiger partial charge in [0.05, 0.1) is 6.54 Å². The molecular weight excluding hydrogens is 358 g/mol. The van der Waals surface area contributed by atoms with Crippen LogP contribution in [-0.2, 0) is 11.3 Å². The van der Waals surface area contributed by atoms with Crippen LogP contribution in [0.15, 0.2) is 65.4 Å². The van der Waals surface area contributed by atoms with Gasteiger partial charge in [-0.05, 0) is 35.9 Å². The van der Waals surface area contributed by atoms with Crippen molar-refractivity contribution in [3.8, 4) is 17.4 Å². The van der Waals surface area contributed by atoms with Crippen molar-refractivity contribution in [1.82, 2.24) is 25.4 Å². The van der Waals surface area contributed by atoms with E-state index in [2.05, 4.69) is 25.4 Å². The predicted molar refractivity (Wildman–Crippen MR) is 101 cm³/mol. The first kappa shape index (κ1) is 17.6. The van der Waals surface area contributed by atoms with Gasteiger partial charge in [0.25, 0.3) is 5.91 Å². The molecule has 2 aromatic heterocycles. The summed E-state index contributed by atoms with van der Waals surface area (Å²) in [5, 5.41) is 8.69. The van der Waals surface area contributed by atoms with Gasteiger partial charge >= 0.3 is 0 Å². The van der Waals surface area contributed by atoms with E-state index in [4.69, 9.17) is 9.26 Å². The molecule has 0 fully saturated rings. The summed E-state index contributed by atoms with van der Waals surface area (Å²) in [7, 11) is 0. The smallest absolute Gasteiger partial charge is 0.261 e. The molecule has 2 heterocycles. The minimum atomic E-state index is -0.680. The fourth-order valence-corrected chi connectivity index (χ4v) is 2.64. The lowest BCUT2D eigenvalue weighted by atomic mass is 10.1. The topological polar surface area (TPSA) is 103 Å². The van der Waals surface area contributed by atoms with Gasteiger partial charge in [0.15, 0.2) is 6.10 Å². The Bertz CT molecular complexity index is 1100. The van der Waals surface area contributed by atoms with Gasteiger partial charge in [-0.3, -0.25) is 4.79 Å². The lowest BCUT2D eigenvalue weighted by Crippen LogP contribution is -2.36. The maximum atomic E-state index is 12.3. The number of aromatic nitrogens is 4. The second-order valence-corrected chi connectivity index (χ2v) is 6.07. The Balaban J connectivity index is 1.35. The number of carbonyl (C=O) groups is 1. The second-order valence-electron chi connectivity index (χ2n) is 6.07. The third-order valence-electron chi connectivity index (χ3n) is 4.05. The third kappa shape index (κ3) is 3.96. The van der Waals surface area contributed by atoms with Gasteiger partial charge in [-0.1, -0.05) is 35.5 Å². The van der Waals surface area contributed by atoms with Crippen molar-refractivity contribution in [2.45, 2.75) is 19.6 Å². The molecule has 0 spiro atoms. The molecule has 0 bridgehead atoms. The van der Waals surface area contributed by atoms with Gasteiger partial charge in [-0.25, -0.2) is 9.97 Å². The van der Waals surface area contributed by atoms with E-state index in [-0.39, 0.29) is 24.2 Å². The molecular formula is C20H17N5O3. The van der Waals surface area contributed by atoms with Gasteiger partial charge < -0.3 is 14.6 Å². The lowest BCUT2D eigenvalue weighted by Gasteiger charge is -2.14. The van der Waals surface area contributed by atoms with Crippen LogP contribution in [0.4, 0.5) is 0 Å². The maximum absolute atomic E-state index is 12.3. The lowest BCUT2D eigenvalue weighted by molar-refractivity contribution is -0.127. The molecule has 8 heteroatoms. The zero-order valence-corrected chi connectivity index (χ0v) is 15.1. The highest BCUT2D eigenvalue weighted by Crippen LogP contribution is 2.21. The van der Waals surface area contributed by atoms with Crippen molar-refractivity contribution >= 4 is 16.7 Å². The Morgan fingerprint density at radius 1 is 1.07 bits per heavy atom. The fourth-order valence-electron chi connectivity index (χ4n) is 2.64. The number of nitrogens with one attached hydrogen (secondary N) is 1. The summed E-state index contributed by atoms with van der Waals surface area (Å²) in [5.74, 6) is 1.22. The Morgan fingerprint density at radius 2 is 1.86 bits per heavy atom. The number of hydrogen-bond acceptors (Lipinski definition) is 7. The highest BCUT2D eigenvalue weighted by molar-refractivity contribution is 5.84. The number of hydrogen-bond donors (Lipinski definition) is 1. The highest BCUT2D eigenvalue weighted by Gasteiger charge is 2.17. The molecule has 28 heavy (non-hydrogen) atoms. The van der Waals surface area contributed by atoms with Crippen molar-refractivity contribution in [3.05, 3.63) is 66.8 Å². The molecule has 4 aromatic rings. The average Bonchev–Trinajstić information content (AvgIpc) is 3.21. The van der Waals surface area contributed by atoms with Gasteiger partial charge in [0.1, 0.15) is 5.75 Å². The van der Waals surface area contributed by atoms with Crippen molar-refractivity contribution in [2.24, 2.45) is 0 Å². The fraction of sp³-hybridized carbons (Fsp3) is 0.150. The van der Waals surface area contributed by atoms with Crippen molar-refractivity contribution in [3.63, 3.8) is 0 Å². The quantitative estimate of drug-likeness (QED) is 0.553. The first-order valence-corrected chi connectivity index (χ1v) is 8.72. The summed E-state index contributed by atoms with van der Waals surface area (Å²) in [6.07, 6.45) is 2.50. The molecule has 0 aliphatic heterocycles. The van der Waals surface area contributed by atoms with Crippen molar-refractivity contribution in [1.29, 1.82) is 0 Å². The molecule has 8 nitrogen and oxygen atoms in total. The van der Waals surface area contributed by atoms with Crippen molar-refractivity contribution < 1.29 is 14.1 Å². The number of rotatable bonds is 6. The average molecular weight is 375 g/mol. The summed E-state index contributed by atoms with van der Waals surface area (Å²) >= 11 is 0. The van der Waals surface area contributed by atoms with Gasteiger partial charge in [0, 0.05) is 12.4 Å². The number of nitrogens with zero attached hydrogens (tertiary/aromatic N) is 4. The molecule has 0 saturated carbocycles. The maximum Gasteiger partial charge on any atom is 0.261 e. The normalized spacial score (nSPS) is 11.9. The van der Waals surface area contributed by atoms with Crippen LogP contribution in [0.3, 0.4) is 0 Å². The summed E-state index contributed by atoms with van der Waals surface area (Å²) in [5.41, 5.74) is 0. The van der Waals surface area contributed by atoms with E-state index in [9.17, 15) is 4.79 Å². The molecule has 1 amide bonds. The van der Waals surface area contributed by atoms with E-state index < -0.39 is 6.10 Å². The standard InChI is InChI=1S/C20H17N5O3/c1-13(27-16-8-7-14-5-2-3-6-15(14)11-16)20(26)23-12-17-24-19(25-28-17)18-21-9-4-10-22-18/h2-11,13H,12H2,1H3,(H,23,26). The van der Waals surface area contributed by atoms with Crippen molar-refractivity contribution in [2.75, 3.05) is 0 Å². The Hall–Kier alpha value is -3.81. The zero-order valence-electron chi connectivity index (χ0n) is 15.1. The molecule has 1 atom stereocenters. The molecule has 140 valence electrons. The predicted octanol–water partition coefficient (Wildman–Crippen LogP) is 2.76. The Morgan fingerprint density at radius 3 is 2.68 bits per heavy atom. The van der Waals surface area contributed by atoms with E-state index in [1.807, 2.05) is 42.5 Å². The van der Waals surface area contributed by atoms with Crippen LogP contribution in [0.2, 0.25) is 0 Å². The third-order valence-corrected chi connectivity index (χ3v) is 4.05. The molecule has 0 aliphatic rings. The van der Waals surface area contributed by atoms with Crippen LogP contribution < -0.4 is 10.1 Å². The minimum Gasteiger partial charge on any atom is -0.481 e. The van der Waals surface area contributed by atoms with E-state index >= 15 is 0 Å². The highest BCUT2D eigenvalue weighted by atomic mass is 16.5. The number of amides is 1. The molecule has 0 saturated heterocycles. The van der Waals surface area contributed by atoms with Crippen LogP contribution in [0.5, 0.6) is 5.75 Å². The molecule has 0 aliphatic carbocycles. The Kier molecular flexibility index (Phi) is 4.92. The first-order valence-electron chi connectivity index (χ1n) is 8.72. The molecule has 1 N–H and O–H groups in total. The number of carbonyl (C=O) groups excluding carboxylic acids is 1. The summed E-state index contributed by atoms with van der Waals surface area (Å²) in [6, 6.07) is 15.4. The zero-order chi connectivity index (χ0) is 19.3. The molecule has 2 aromatic carbocycles. The summed E-state index contributed by atoms with van der Waals surface area (Å²) in [4.78, 5) is 24.6. The van der Waals surface area contributed by atoms with Crippen LogP contribution >= 0.6 is 0 Å². The van der Waals surface area contributed by atoms with Gasteiger partial charge in [-0.15, -0.1) is 0 Å². The van der Waals surface area contributed by atoms with E-state index in [1.165, 1.54) is 0 Å². The van der Waals surface area contributed by atoms with E-state index in [0.29, 0.717) is 11.6 Å². The Labute approximate surface area is 160 Å². The van der Waals surface area contributed by atoms with Crippen LogP contribution in [0.25, 0.3) is 22.4 Å². The van der Waals surface area contributed by atoms with Gasteiger partial charge in [-0.2, -0.15) is 4.98 Å². The van der Waals surface area contributed by atoms with Crippen LogP contribution in [0, 0.1) is 0 Å². The SMILES string of the molecule is CC(Oc1ccc2ccccc2c1)C(=O)NCc1nc(-c2ncccn2)no1. The molecule has 1 unspecified atom stereocenters. The molecule has 0 radical (unpaired) electrons. The molecule has 4 rings (SSSR count). The van der Waals surface area contributed by atoms with Gasteiger partial charge in [0.2, 0.25) is 17.5 Å². The number of fused-ring (bicyclic) bond motifs is 1. The van der Waals surface area contributed by atoms with Crippen LogP contribution in [-0.4, -0.2) is 32.1 Å². The number of benzene rings is 2. The second kappa shape index (κ2) is 7.83. The van der Waals surface area contributed by atoms with E-state index in [1.54, 1.807) is 25.4 Å². The minimum absolute atomic E-state index is 0.0874. The van der Waals surface area contributed by atoms with Crippen LogP contribution in [0.1, 0.15) is 12.8 Å². The monoisotopic (exact) mass is 375 g/mol. The largest absolute Gasteiger partial charge is 0.481 e. The summed E-state index contributed by atoms with van der Waals surface area (Å²) in [6.45, 7) is 1.77.